The van der Waals surface area contributed by atoms with Crippen molar-refractivity contribution in [2.24, 2.45) is 5.14 Å². The topological polar surface area (TPSA) is 94.6 Å². The predicted octanol–water partition coefficient (Wildman–Crippen LogP) is 3.64. The van der Waals surface area contributed by atoms with Gasteiger partial charge in [0.2, 0.25) is 5.43 Å². The third-order valence-corrected chi connectivity index (χ3v) is 5.53. The Morgan fingerprint density at radius 3 is 2.54 bits per heavy atom. The Labute approximate surface area is 163 Å². The molecule has 28 heavy (non-hydrogen) atoms. The summed E-state index contributed by atoms with van der Waals surface area (Å²) in [5.41, 5.74) is 0.425. The second-order valence-corrected chi connectivity index (χ2v) is 7.22. The molecular formula is C20H17FN2O4S. The van der Waals surface area contributed by atoms with Gasteiger partial charge < -0.3 is 14.4 Å². The average Bonchev–Trinajstić information content (AvgIpc) is 3.53. The maximum absolute atomic E-state index is 15.1. The molecule has 0 radical (unpaired) electrons. The van der Waals surface area contributed by atoms with Crippen LogP contribution in [0.15, 0.2) is 40.2 Å². The number of carbonyl (C=O) groups is 1. The maximum atomic E-state index is 15.1. The number of benzene rings is 2. The van der Waals surface area contributed by atoms with E-state index in [-0.39, 0.29) is 34.1 Å². The molecule has 1 fully saturated rings. The molecule has 1 aromatic heterocycles. The van der Waals surface area contributed by atoms with Crippen LogP contribution in [0.4, 0.5) is 4.39 Å². The number of methoxy groups -OCH3 is 1. The fourth-order valence-electron chi connectivity index (χ4n) is 3.50. The number of hydrogen-bond acceptors (Lipinski definition) is 6. The number of nitrogens with zero attached hydrogens (tertiary/aromatic N) is 1. The van der Waals surface area contributed by atoms with Crippen molar-refractivity contribution >= 4 is 29.1 Å². The summed E-state index contributed by atoms with van der Waals surface area (Å²) in [6.45, 7) is 0. The van der Waals surface area contributed by atoms with Gasteiger partial charge in [0.05, 0.1) is 29.1 Å². The number of rotatable bonds is 5. The van der Waals surface area contributed by atoms with Crippen LogP contribution in [0.25, 0.3) is 22.0 Å². The van der Waals surface area contributed by atoms with Gasteiger partial charge in [-0.1, -0.05) is 12.1 Å². The summed E-state index contributed by atoms with van der Waals surface area (Å²) in [7, 11) is 1.41. The van der Waals surface area contributed by atoms with Crippen LogP contribution in [0.2, 0.25) is 0 Å². The Morgan fingerprint density at radius 1 is 1.32 bits per heavy atom. The molecule has 3 aromatic rings. The zero-order chi connectivity index (χ0) is 20.0. The lowest BCUT2D eigenvalue weighted by Gasteiger charge is -2.21. The highest BCUT2D eigenvalue weighted by molar-refractivity contribution is 7.97. The minimum Gasteiger partial charge on any atom is -0.508 e. The SMILES string of the molecule is COc1c(-c2ccc(O)cc2)c(F)cc2c(=O)c(C=O)c(SN)n(C3CC3)c12. The molecule has 2 aromatic carbocycles. The molecule has 1 heterocycles. The van der Waals surface area contributed by atoms with Crippen LogP contribution in [-0.4, -0.2) is 23.1 Å². The number of carbonyl (C=O) groups excluding carboxylic acids is 1. The van der Waals surface area contributed by atoms with Crippen molar-refractivity contribution in [2.75, 3.05) is 7.11 Å². The molecule has 4 rings (SSSR count). The number of ether oxygens (including phenoxy) is 1. The Balaban J connectivity index is 2.19. The van der Waals surface area contributed by atoms with E-state index < -0.39 is 11.2 Å². The van der Waals surface area contributed by atoms with Crippen molar-refractivity contribution in [3.8, 4) is 22.6 Å². The van der Waals surface area contributed by atoms with Crippen LogP contribution in [0.1, 0.15) is 29.2 Å². The lowest BCUT2D eigenvalue weighted by molar-refractivity contribution is 0.111. The normalized spacial score (nSPS) is 13.7. The Bertz CT molecular complexity index is 1150. The van der Waals surface area contributed by atoms with Gasteiger partial charge in [-0.25, -0.2) is 4.39 Å². The summed E-state index contributed by atoms with van der Waals surface area (Å²) in [4.78, 5) is 24.5. The van der Waals surface area contributed by atoms with Gasteiger partial charge in [-0.15, -0.1) is 0 Å². The van der Waals surface area contributed by atoms with Crippen molar-refractivity contribution in [1.29, 1.82) is 0 Å². The monoisotopic (exact) mass is 400 g/mol. The van der Waals surface area contributed by atoms with Gasteiger partial charge in [-0.3, -0.25) is 14.7 Å². The van der Waals surface area contributed by atoms with E-state index in [2.05, 4.69) is 0 Å². The van der Waals surface area contributed by atoms with Gasteiger partial charge in [0.1, 0.15) is 16.6 Å². The van der Waals surface area contributed by atoms with Crippen LogP contribution >= 0.6 is 11.9 Å². The Kier molecular flexibility index (Phi) is 4.60. The number of fused-ring (bicyclic) bond motifs is 1. The van der Waals surface area contributed by atoms with E-state index in [1.54, 1.807) is 12.1 Å². The summed E-state index contributed by atoms with van der Waals surface area (Å²) in [5.74, 6) is -0.409. The number of aromatic hydroxyl groups is 1. The first kappa shape index (κ1) is 18.5. The molecule has 0 atom stereocenters. The van der Waals surface area contributed by atoms with Gasteiger partial charge >= 0.3 is 0 Å². The molecule has 1 aliphatic carbocycles. The number of phenolic OH excluding ortho intramolecular Hbond substituents is 1. The van der Waals surface area contributed by atoms with E-state index in [9.17, 15) is 14.7 Å². The number of halogens is 1. The molecule has 0 amide bonds. The van der Waals surface area contributed by atoms with Gasteiger partial charge in [0, 0.05) is 6.04 Å². The minimum absolute atomic E-state index is 0.0521. The zero-order valence-corrected chi connectivity index (χ0v) is 15.8. The highest BCUT2D eigenvalue weighted by Gasteiger charge is 2.32. The highest BCUT2D eigenvalue weighted by Crippen LogP contribution is 2.45. The number of nitrogens with two attached hydrogens (primary N) is 1. The Hall–Kier alpha value is -2.84. The summed E-state index contributed by atoms with van der Waals surface area (Å²) in [6.07, 6.45) is 2.19. The van der Waals surface area contributed by atoms with Gasteiger partial charge in [-0.05, 0) is 48.6 Å². The molecule has 0 bridgehead atoms. The maximum Gasteiger partial charge on any atom is 0.201 e. The first-order valence-corrected chi connectivity index (χ1v) is 9.49. The summed E-state index contributed by atoms with van der Waals surface area (Å²) < 4.78 is 22.5. The molecular weight excluding hydrogens is 383 g/mol. The number of hydrogen-bond donors (Lipinski definition) is 2. The summed E-state index contributed by atoms with van der Waals surface area (Å²) in [6, 6.07) is 7.23. The van der Waals surface area contributed by atoms with Crippen LogP contribution in [0.5, 0.6) is 11.5 Å². The molecule has 0 spiro atoms. The average molecular weight is 400 g/mol. The van der Waals surface area contributed by atoms with E-state index in [1.165, 1.54) is 19.2 Å². The number of phenols is 1. The molecule has 1 saturated carbocycles. The van der Waals surface area contributed by atoms with Crippen molar-refractivity contribution in [3.05, 3.63) is 51.9 Å². The standard InChI is InChI=1S/C20H17FN2O4S/c1-27-19-16(10-2-6-12(25)7-3-10)15(21)8-13-17(19)23(11-4-5-11)20(28-22)14(9-24)18(13)26/h2-3,6-9,11,25H,4-5,22H2,1H3. The minimum atomic E-state index is -0.653. The van der Waals surface area contributed by atoms with Gasteiger partial charge in [0.15, 0.2) is 12.0 Å². The molecule has 0 unspecified atom stereocenters. The van der Waals surface area contributed by atoms with Crippen LogP contribution in [0.3, 0.4) is 0 Å². The van der Waals surface area contributed by atoms with Gasteiger partial charge in [0.25, 0.3) is 0 Å². The third kappa shape index (κ3) is 2.76. The molecule has 0 aliphatic heterocycles. The quantitative estimate of drug-likeness (QED) is 0.502. The predicted molar refractivity (Wildman–Crippen MR) is 106 cm³/mol. The lowest BCUT2D eigenvalue weighted by Crippen LogP contribution is -2.19. The van der Waals surface area contributed by atoms with Crippen molar-refractivity contribution in [1.82, 2.24) is 4.57 Å². The smallest absolute Gasteiger partial charge is 0.201 e. The number of aldehydes is 1. The van der Waals surface area contributed by atoms with E-state index in [0.717, 1.165) is 30.9 Å². The van der Waals surface area contributed by atoms with Crippen molar-refractivity contribution in [2.45, 2.75) is 23.9 Å². The van der Waals surface area contributed by atoms with E-state index in [1.807, 2.05) is 4.57 Å². The number of pyridine rings is 1. The van der Waals surface area contributed by atoms with Gasteiger partial charge in [-0.2, -0.15) is 0 Å². The van der Waals surface area contributed by atoms with E-state index in [0.29, 0.717) is 22.4 Å². The first-order valence-electron chi connectivity index (χ1n) is 8.61. The molecule has 0 saturated heterocycles. The zero-order valence-electron chi connectivity index (χ0n) is 14.9. The van der Waals surface area contributed by atoms with Crippen molar-refractivity contribution in [3.63, 3.8) is 0 Å². The molecule has 3 N–H and O–H groups in total. The fraction of sp³-hybridized carbons (Fsp3) is 0.200. The van der Waals surface area contributed by atoms with Crippen LogP contribution in [0, 0.1) is 5.82 Å². The second kappa shape index (κ2) is 6.96. The largest absolute Gasteiger partial charge is 0.508 e. The molecule has 8 heteroatoms. The fourth-order valence-corrected chi connectivity index (χ4v) is 4.13. The second-order valence-electron chi connectivity index (χ2n) is 6.59. The first-order chi connectivity index (χ1) is 13.5. The lowest BCUT2D eigenvalue weighted by atomic mass is 9.99. The molecule has 144 valence electrons. The van der Waals surface area contributed by atoms with E-state index in [4.69, 9.17) is 9.88 Å². The summed E-state index contributed by atoms with van der Waals surface area (Å²) >= 11 is 0.820. The molecule has 6 nitrogen and oxygen atoms in total. The summed E-state index contributed by atoms with van der Waals surface area (Å²) in [5, 5.41) is 15.8. The Morgan fingerprint density at radius 2 is 2.00 bits per heavy atom. The van der Waals surface area contributed by atoms with E-state index >= 15 is 4.39 Å². The van der Waals surface area contributed by atoms with Crippen LogP contribution in [-0.2, 0) is 0 Å². The number of aromatic nitrogens is 1. The molecule has 1 aliphatic rings. The van der Waals surface area contributed by atoms with Crippen molar-refractivity contribution < 1.29 is 19.0 Å². The van der Waals surface area contributed by atoms with Crippen LogP contribution < -0.4 is 15.3 Å². The third-order valence-electron chi connectivity index (χ3n) is 4.89. The highest BCUT2D eigenvalue weighted by atomic mass is 32.2.